The highest BCUT2D eigenvalue weighted by molar-refractivity contribution is 5.77. The van der Waals surface area contributed by atoms with Crippen molar-refractivity contribution in [3.63, 3.8) is 0 Å². The summed E-state index contributed by atoms with van der Waals surface area (Å²) in [5, 5.41) is 5.43. The molecule has 0 spiro atoms. The van der Waals surface area contributed by atoms with Gasteiger partial charge in [0, 0.05) is 52.9 Å². The van der Waals surface area contributed by atoms with E-state index < -0.39 is 0 Å². The van der Waals surface area contributed by atoms with Crippen molar-refractivity contribution in [1.82, 2.24) is 20.5 Å². The second-order valence-corrected chi connectivity index (χ2v) is 5.87. The van der Waals surface area contributed by atoms with Gasteiger partial charge in [0.1, 0.15) is 5.82 Å². The van der Waals surface area contributed by atoms with Crippen LogP contribution in [-0.2, 0) is 11.3 Å². The molecule has 7 nitrogen and oxygen atoms in total. The van der Waals surface area contributed by atoms with Gasteiger partial charge < -0.3 is 20.4 Å². The van der Waals surface area contributed by atoms with E-state index in [1.807, 2.05) is 12.1 Å². The molecule has 126 valence electrons. The van der Waals surface area contributed by atoms with Gasteiger partial charge >= 0.3 is 6.03 Å². The fourth-order valence-corrected chi connectivity index (χ4v) is 2.41. The zero-order valence-electron chi connectivity index (χ0n) is 13.8. The molecule has 23 heavy (non-hydrogen) atoms. The number of amides is 3. The third-order valence-electron chi connectivity index (χ3n) is 3.82. The maximum absolute atomic E-state index is 11.7. The minimum atomic E-state index is -0.278. The van der Waals surface area contributed by atoms with Crippen LogP contribution >= 0.6 is 0 Å². The molecule has 0 saturated carbocycles. The Labute approximate surface area is 137 Å². The Bertz CT molecular complexity index is 524. The van der Waals surface area contributed by atoms with Gasteiger partial charge in [0.25, 0.3) is 0 Å². The molecular weight excluding hydrogens is 294 g/mol. The zero-order valence-corrected chi connectivity index (χ0v) is 13.8. The maximum Gasteiger partial charge on any atom is 0.315 e. The number of carbonyl (C=O) groups is 2. The molecule has 0 aliphatic carbocycles. The van der Waals surface area contributed by atoms with Gasteiger partial charge in [0.05, 0.1) is 0 Å². The molecule has 1 aliphatic heterocycles. The lowest BCUT2D eigenvalue weighted by molar-refractivity contribution is -0.128. The molecule has 0 aromatic carbocycles. The molecule has 0 radical (unpaired) electrons. The van der Waals surface area contributed by atoms with E-state index in [0.29, 0.717) is 19.5 Å². The van der Waals surface area contributed by atoms with Crippen LogP contribution in [0.25, 0.3) is 0 Å². The van der Waals surface area contributed by atoms with Crippen molar-refractivity contribution in [1.29, 1.82) is 0 Å². The average Bonchev–Trinajstić information content (AvgIpc) is 3.07. The van der Waals surface area contributed by atoms with Crippen molar-refractivity contribution in [2.24, 2.45) is 0 Å². The molecule has 2 rings (SSSR count). The molecule has 1 fully saturated rings. The fraction of sp³-hybridized carbons (Fsp3) is 0.562. The summed E-state index contributed by atoms with van der Waals surface area (Å²) in [6, 6.07) is 3.70. The number of nitrogens with zero attached hydrogens (tertiary/aromatic N) is 3. The summed E-state index contributed by atoms with van der Waals surface area (Å²) in [5.74, 6) is 0.991. The van der Waals surface area contributed by atoms with Crippen LogP contribution in [0, 0.1) is 0 Å². The lowest BCUT2D eigenvalue weighted by Crippen LogP contribution is -2.37. The Balaban J connectivity index is 1.68. The molecule has 0 bridgehead atoms. The van der Waals surface area contributed by atoms with Crippen molar-refractivity contribution in [3.8, 4) is 0 Å². The lowest BCUT2D eigenvalue weighted by Gasteiger charge is -2.16. The quantitative estimate of drug-likeness (QED) is 0.819. The van der Waals surface area contributed by atoms with Crippen molar-refractivity contribution in [2.75, 3.05) is 38.6 Å². The highest BCUT2D eigenvalue weighted by Gasteiger charge is 2.13. The van der Waals surface area contributed by atoms with Crippen LogP contribution in [-0.4, -0.2) is 55.6 Å². The van der Waals surface area contributed by atoms with Crippen molar-refractivity contribution in [2.45, 2.75) is 25.8 Å². The van der Waals surface area contributed by atoms with Crippen LogP contribution < -0.4 is 15.5 Å². The monoisotopic (exact) mass is 319 g/mol. The maximum atomic E-state index is 11.7. The van der Waals surface area contributed by atoms with E-state index in [9.17, 15) is 9.59 Å². The number of anilines is 1. The number of pyridine rings is 1. The Kier molecular flexibility index (Phi) is 6.19. The van der Waals surface area contributed by atoms with Crippen LogP contribution in [0.1, 0.15) is 24.8 Å². The van der Waals surface area contributed by atoms with E-state index in [0.717, 1.165) is 24.5 Å². The third kappa shape index (κ3) is 5.43. The zero-order chi connectivity index (χ0) is 16.7. The Morgan fingerprint density at radius 3 is 2.57 bits per heavy atom. The van der Waals surface area contributed by atoms with Gasteiger partial charge in [0.2, 0.25) is 5.91 Å². The van der Waals surface area contributed by atoms with E-state index in [1.54, 1.807) is 20.3 Å². The molecule has 7 heteroatoms. The highest BCUT2D eigenvalue weighted by Crippen LogP contribution is 2.17. The third-order valence-corrected chi connectivity index (χ3v) is 3.82. The SMILES string of the molecule is CN(C)C(=O)CCNC(=O)NCc1ccc(N2CCCC2)nc1. The van der Waals surface area contributed by atoms with Crippen LogP contribution in [0.3, 0.4) is 0 Å². The molecule has 1 aliphatic rings. The lowest BCUT2D eigenvalue weighted by atomic mass is 10.3. The van der Waals surface area contributed by atoms with Gasteiger partial charge in [-0.25, -0.2) is 9.78 Å². The predicted molar refractivity (Wildman–Crippen MR) is 89.2 cm³/mol. The predicted octanol–water partition coefficient (Wildman–Crippen LogP) is 0.959. The van der Waals surface area contributed by atoms with Gasteiger partial charge in [-0.05, 0) is 24.5 Å². The van der Waals surface area contributed by atoms with E-state index in [-0.39, 0.29) is 11.9 Å². The molecule has 2 heterocycles. The first-order valence-electron chi connectivity index (χ1n) is 7.98. The van der Waals surface area contributed by atoms with Gasteiger partial charge in [-0.3, -0.25) is 4.79 Å². The molecule has 0 unspecified atom stereocenters. The molecule has 3 amide bonds. The fourth-order valence-electron chi connectivity index (χ4n) is 2.41. The normalized spacial score (nSPS) is 13.7. The second-order valence-electron chi connectivity index (χ2n) is 5.87. The number of aromatic nitrogens is 1. The number of hydrogen-bond acceptors (Lipinski definition) is 4. The molecular formula is C16H25N5O2. The first-order chi connectivity index (χ1) is 11.1. The summed E-state index contributed by atoms with van der Waals surface area (Å²) in [7, 11) is 3.39. The van der Waals surface area contributed by atoms with Crippen LogP contribution in [0.15, 0.2) is 18.3 Å². The minimum absolute atomic E-state index is 0.00741. The number of nitrogens with one attached hydrogen (secondary N) is 2. The minimum Gasteiger partial charge on any atom is -0.357 e. The standard InChI is InChI=1S/C16H25N5O2/c1-20(2)15(22)7-8-17-16(23)19-12-13-5-6-14(18-11-13)21-9-3-4-10-21/h5-6,11H,3-4,7-10,12H2,1-2H3,(H2,17,19,23). The number of carbonyl (C=O) groups excluding carboxylic acids is 2. The van der Waals surface area contributed by atoms with Gasteiger partial charge in [-0.1, -0.05) is 6.07 Å². The molecule has 1 saturated heterocycles. The van der Waals surface area contributed by atoms with E-state index in [4.69, 9.17) is 0 Å². The summed E-state index contributed by atoms with van der Waals surface area (Å²) in [6.07, 6.45) is 4.54. The van der Waals surface area contributed by atoms with Crippen molar-refractivity contribution >= 4 is 17.8 Å². The average molecular weight is 319 g/mol. The van der Waals surface area contributed by atoms with Crippen LogP contribution in [0.4, 0.5) is 10.6 Å². The smallest absolute Gasteiger partial charge is 0.315 e. The van der Waals surface area contributed by atoms with E-state index in [2.05, 4.69) is 20.5 Å². The van der Waals surface area contributed by atoms with Gasteiger partial charge in [-0.2, -0.15) is 0 Å². The van der Waals surface area contributed by atoms with E-state index >= 15 is 0 Å². The number of rotatable bonds is 6. The summed E-state index contributed by atoms with van der Waals surface area (Å²) < 4.78 is 0. The van der Waals surface area contributed by atoms with Crippen molar-refractivity contribution in [3.05, 3.63) is 23.9 Å². The van der Waals surface area contributed by atoms with Crippen LogP contribution in [0.2, 0.25) is 0 Å². The van der Waals surface area contributed by atoms with E-state index in [1.165, 1.54) is 17.7 Å². The molecule has 1 aromatic rings. The number of hydrogen-bond donors (Lipinski definition) is 2. The topological polar surface area (TPSA) is 77.6 Å². The number of urea groups is 1. The molecule has 2 N–H and O–H groups in total. The largest absolute Gasteiger partial charge is 0.357 e. The Hall–Kier alpha value is -2.31. The first kappa shape index (κ1) is 17.1. The van der Waals surface area contributed by atoms with Crippen LogP contribution in [0.5, 0.6) is 0 Å². The van der Waals surface area contributed by atoms with Gasteiger partial charge in [-0.15, -0.1) is 0 Å². The summed E-state index contributed by atoms with van der Waals surface area (Å²) in [5.41, 5.74) is 0.951. The highest BCUT2D eigenvalue weighted by atomic mass is 16.2. The summed E-state index contributed by atoms with van der Waals surface area (Å²) in [6.45, 7) is 2.88. The first-order valence-corrected chi connectivity index (χ1v) is 7.98. The Morgan fingerprint density at radius 1 is 1.22 bits per heavy atom. The Morgan fingerprint density at radius 2 is 1.96 bits per heavy atom. The van der Waals surface area contributed by atoms with Gasteiger partial charge in [0.15, 0.2) is 0 Å². The summed E-state index contributed by atoms with van der Waals surface area (Å²) >= 11 is 0. The molecule has 1 aromatic heterocycles. The summed E-state index contributed by atoms with van der Waals surface area (Å²) in [4.78, 5) is 31.3. The molecule has 0 atom stereocenters. The second kappa shape index (κ2) is 8.36. The van der Waals surface area contributed by atoms with Crippen molar-refractivity contribution < 1.29 is 9.59 Å².